The number of β-lactam (4-membered cyclic amide) rings is 1. The van der Waals surface area contributed by atoms with Gasteiger partial charge in [-0.05, 0) is 5.56 Å². The molecule has 14 heavy (non-hydrogen) atoms. The molecule has 0 aliphatic carbocycles. The van der Waals surface area contributed by atoms with E-state index in [-0.39, 0.29) is 11.9 Å². The molecule has 0 bridgehead atoms. The van der Waals surface area contributed by atoms with Gasteiger partial charge >= 0.3 is 0 Å². The van der Waals surface area contributed by atoms with Crippen LogP contribution in [0.1, 0.15) is 18.0 Å². The maximum absolute atomic E-state index is 11.2. The molecule has 0 aromatic heterocycles. The summed E-state index contributed by atoms with van der Waals surface area (Å²) >= 11 is 0. The van der Waals surface area contributed by atoms with E-state index in [0.717, 1.165) is 0 Å². The third-order valence-electron chi connectivity index (χ3n) is 2.51. The lowest BCUT2D eigenvalue weighted by atomic mass is 9.94. The normalized spacial score (nSPS) is 20.1. The fourth-order valence-electron chi connectivity index (χ4n) is 1.72. The summed E-state index contributed by atoms with van der Waals surface area (Å²) in [5.74, 6) is 2.65. The van der Waals surface area contributed by atoms with Crippen molar-refractivity contribution in [1.29, 1.82) is 0 Å². The number of hydrogen-bond donors (Lipinski definition) is 0. The molecule has 2 nitrogen and oxygen atoms in total. The molecule has 1 fully saturated rings. The van der Waals surface area contributed by atoms with E-state index in [0.29, 0.717) is 13.0 Å². The Morgan fingerprint density at radius 3 is 2.71 bits per heavy atom. The van der Waals surface area contributed by atoms with E-state index in [1.807, 2.05) is 30.3 Å². The lowest BCUT2D eigenvalue weighted by Gasteiger charge is -2.39. The molecule has 1 aliphatic heterocycles. The van der Waals surface area contributed by atoms with Gasteiger partial charge in [-0.2, -0.15) is 0 Å². The molecule has 0 spiro atoms. The van der Waals surface area contributed by atoms with E-state index >= 15 is 0 Å². The first-order valence-corrected chi connectivity index (χ1v) is 4.61. The zero-order chi connectivity index (χ0) is 9.97. The van der Waals surface area contributed by atoms with Gasteiger partial charge in [0, 0.05) is 0 Å². The zero-order valence-electron chi connectivity index (χ0n) is 7.81. The minimum absolute atomic E-state index is 0.150. The fraction of sp³-hybridized carbons (Fsp3) is 0.250. The van der Waals surface area contributed by atoms with Crippen LogP contribution in [0.2, 0.25) is 0 Å². The van der Waals surface area contributed by atoms with Crippen LogP contribution in [0.15, 0.2) is 30.3 Å². The quantitative estimate of drug-likeness (QED) is 0.506. The summed E-state index contributed by atoms with van der Waals surface area (Å²) in [6.07, 6.45) is 5.79. The molecule has 1 aliphatic rings. The number of hydrogen-bond acceptors (Lipinski definition) is 1. The smallest absolute Gasteiger partial charge is 0.226 e. The van der Waals surface area contributed by atoms with E-state index in [4.69, 9.17) is 6.42 Å². The summed E-state index contributed by atoms with van der Waals surface area (Å²) in [6.45, 7) is 0.415. The van der Waals surface area contributed by atoms with Gasteiger partial charge in [-0.15, -0.1) is 6.42 Å². The standard InChI is InChI=1S/C12H11NO/c1-2-8-13-11(9-12(13)14)10-6-4-3-5-7-10/h1,3-7,11H,8-9H2. The monoisotopic (exact) mass is 185 g/mol. The van der Waals surface area contributed by atoms with Crippen LogP contribution in [0.4, 0.5) is 0 Å². The number of terminal acetylenes is 1. The predicted octanol–water partition coefficient (Wildman–Crippen LogP) is 1.59. The third-order valence-corrected chi connectivity index (χ3v) is 2.51. The molecule has 1 aromatic rings. The van der Waals surface area contributed by atoms with E-state index < -0.39 is 0 Å². The number of nitrogens with zero attached hydrogens (tertiary/aromatic N) is 1. The largest absolute Gasteiger partial charge is 0.324 e. The number of benzene rings is 1. The summed E-state index contributed by atoms with van der Waals surface area (Å²) in [5, 5.41) is 0. The van der Waals surface area contributed by atoms with Crippen LogP contribution in [0, 0.1) is 12.3 Å². The Morgan fingerprint density at radius 1 is 1.43 bits per heavy atom. The molecule has 0 radical (unpaired) electrons. The lowest BCUT2D eigenvalue weighted by Crippen LogP contribution is -2.46. The molecule has 2 rings (SSSR count). The van der Waals surface area contributed by atoms with E-state index in [1.165, 1.54) is 5.56 Å². The molecule has 1 aromatic carbocycles. The van der Waals surface area contributed by atoms with Gasteiger partial charge in [-0.25, -0.2) is 0 Å². The van der Waals surface area contributed by atoms with Crippen molar-refractivity contribution in [2.75, 3.05) is 6.54 Å². The van der Waals surface area contributed by atoms with Crippen LogP contribution in [-0.4, -0.2) is 17.4 Å². The van der Waals surface area contributed by atoms with Crippen LogP contribution in [-0.2, 0) is 4.79 Å². The molecule has 0 saturated carbocycles. The van der Waals surface area contributed by atoms with Crippen molar-refractivity contribution in [1.82, 2.24) is 4.90 Å². The topological polar surface area (TPSA) is 20.3 Å². The van der Waals surface area contributed by atoms with Crippen molar-refractivity contribution in [3.05, 3.63) is 35.9 Å². The first-order valence-electron chi connectivity index (χ1n) is 4.61. The molecule has 1 heterocycles. The molecule has 1 atom stereocenters. The second kappa shape index (κ2) is 3.55. The number of amides is 1. The molecular weight excluding hydrogens is 174 g/mol. The Bertz CT molecular complexity index is 377. The zero-order valence-corrected chi connectivity index (χ0v) is 7.81. The Balaban J connectivity index is 2.15. The number of likely N-dealkylation sites (tertiary alicyclic amines) is 1. The molecule has 2 heteroatoms. The van der Waals surface area contributed by atoms with Crippen molar-refractivity contribution in [2.24, 2.45) is 0 Å². The average Bonchev–Trinajstić information content (AvgIpc) is 2.24. The highest BCUT2D eigenvalue weighted by Gasteiger charge is 2.35. The lowest BCUT2D eigenvalue weighted by molar-refractivity contribution is -0.145. The molecule has 1 amide bonds. The van der Waals surface area contributed by atoms with Crippen LogP contribution < -0.4 is 0 Å². The SMILES string of the molecule is C#CCN1C(=O)CC1c1ccccc1. The average molecular weight is 185 g/mol. The summed E-state index contributed by atoms with van der Waals surface area (Å²) in [5.41, 5.74) is 1.17. The molecule has 1 unspecified atom stereocenters. The van der Waals surface area contributed by atoms with Crippen LogP contribution in [0.5, 0.6) is 0 Å². The summed E-state index contributed by atoms with van der Waals surface area (Å²) in [6, 6.07) is 10.2. The van der Waals surface area contributed by atoms with Crippen molar-refractivity contribution >= 4 is 5.91 Å². The van der Waals surface area contributed by atoms with Gasteiger partial charge in [-0.1, -0.05) is 36.3 Å². The first kappa shape index (κ1) is 8.83. The van der Waals surface area contributed by atoms with Gasteiger partial charge in [0.2, 0.25) is 5.91 Å². The minimum Gasteiger partial charge on any atom is -0.324 e. The highest BCUT2D eigenvalue weighted by atomic mass is 16.2. The first-order chi connectivity index (χ1) is 6.83. The van der Waals surface area contributed by atoms with Gasteiger partial charge in [0.25, 0.3) is 0 Å². The minimum atomic E-state index is 0.150. The molecule has 70 valence electrons. The molecule has 1 saturated heterocycles. The van der Waals surface area contributed by atoms with Crippen LogP contribution in [0.3, 0.4) is 0 Å². The van der Waals surface area contributed by atoms with Gasteiger partial charge in [0.1, 0.15) is 0 Å². The van der Waals surface area contributed by atoms with E-state index in [9.17, 15) is 4.79 Å². The van der Waals surface area contributed by atoms with Gasteiger partial charge in [0.15, 0.2) is 0 Å². The number of carbonyl (C=O) groups is 1. The highest BCUT2D eigenvalue weighted by molar-refractivity contribution is 5.83. The van der Waals surface area contributed by atoms with Gasteiger partial charge in [-0.3, -0.25) is 4.79 Å². The molecular formula is C12H11NO. The maximum Gasteiger partial charge on any atom is 0.226 e. The van der Waals surface area contributed by atoms with E-state index in [1.54, 1.807) is 4.90 Å². The van der Waals surface area contributed by atoms with Crippen molar-refractivity contribution < 1.29 is 4.79 Å². The van der Waals surface area contributed by atoms with Gasteiger partial charge in [0.05, 0.1) is 19.0 Å². The van der Waals surface area contributed by atoms with Crippen molar-refractivity contribution in [3.8, 4) is 12.3 Å². The van der Waals surface area contributed by atoms with E-state index in [2.05, 4.69) is 5.92 Å². The Morgan fingerprint density at radius 2 is 2.14 bits per heavy atom. The Hall–Kier alpha value is -1.75. The second-order valence-electron chi connectivity index (χ2n) is 3.36. The third kappa shape index (κ3) is 1.38. The highest BCUT2D eigenvalue weighted by Crippen LogP contribution is 2.33. The fourth-order valence-corrected chi connectivity index (χ4v) is 1.72. The Kier molecular flexibility index (Phi) is 2.24. The predicted molar refractivity (Wildman–Crippen MR) is 54.3 cm³/mol. The maximum atomic E-state index is 11.2. The van der Waals surface area contributed by atoms with Crippen molar-refractivity contribution in [3.63, 3.8) is 0 Å². The van der Waals surface area contributed by atoms with Gasteiger partial charge < -0.3 is 4.90 Å². The summed E-state index contributed by atoms with van der Waals surface area (Å²) < 4.78 is 0. The second-order valence-corrected chi connectivity index (χ2v) is 3.36. The number of carbonyl (C=O) groups excluding carboxylic acids is 1. The van der Waals surface area contributed by atoms with Crippen molar-refractivity contribution in [2.45, 2.75) is 12.5 Å². The Labute approximate surface area is 83.5 Å². The molecule has 0 N–H and O–H groups in total. The summed E-state index contributed by atoms with van der Waals surface area (Å²) in [7, 11) is 0. The van der Waals surface area contributed by atoms with Crippen LogP contribution in [0.25, 0.3) is 0 Å². The summed E-state index contributed by atoms with van der Waals surface area (Å²) in [4.78, 5) is 13.0. The number of rotatable bonds is 2. The van der Waals surface area contributed by atoms with Crippen LogP contribution >= 0.6 is 0 Å².